The highest BCUT2D eigenvalue weighted by Gasteiger charge is 2.11. The maximum Gasteiger partial charge on any atom is 0.223 e. The molecule has 0 amide bonds. The minimum Gasteiger partial charge on any atom is -0.394 e. The maximum absolute atomic E-state index is 9.03. The van der Waals surface area contributed by atoms with Crippen molar-refractivity contribution in [2.45, 2.75) is 13.0 Å². The summed E-state index contributed by atoms with van der Waals surface area (Å²) >= 11 is 0. The summed E-state index contributed by atoms with van der Waals surface area (Å²) in [5.41, 5.74) is 5.56. The fourth-order valence-corrected chi connectivity index (χ4v) is 1.11. The van der Waals surface area contributed by atoms with Crippen molar-refractivity contribution in [3.05, 3.63) is 6.07 Å². The molecule has 15 heavy (non-hydrogen) atoms. The largest absolute Gasteiger partial charge is 0.394 e. The Labute approximate surface area is 89.1 Å². The molecular weight excluding hydrogens is 194 g/mol. The Morgan fingerprint density at radius 1 is 1.60 bits per heavy atom. The van der Waals surface area contributed by atoms with Gasteiger partial charge in [0.1, 0.15) is 11.6 Å². The van der Waals surface area contributed by atoms with Crippen LogP contribution in [0.15, 0.2) is 6.07 Å². The van der Waals surface area contributed by atoms with E-state index in [4.69, 9.17) is 10.8 Å². The summed E-state index contributed by atoms with van der Waals surface area (Å²) < 4.78 is 0. The Morgan fingerprint density at radius 3 is 2.80 bits per heavy atom. The SMILES string of the molecule is CNc1cc(N(C)C(C)CO)nc(N)n1. The van der Waals surface area contributed by atoms with E-state index in [1.807, 2.05) is 18.9 Å². The van der Waals surface area contributed by atoms with Crippen LogP contribution in [0.25, 0.3) is 0 Å². The van der Waals surface area contributed by atoms with Gasteiger partial charge in [-0.1, -0.05) is 0 Å². The first-order valence-electron chi connectivity index (χ1n) is 4.74. The summed E-state index contributed by atoms with van der Waals surface area (Å²) in [6, 6.07) is 1.77. The van der Waals surface area contributed by atoms with Crippen molar-refractivity contribution in [1.82, 2.24) is 9.97 Å². The highest BCUT2D eigenvalue weighted by Crippen LogP contribution is 2.16. The molecule has 0 aliphatic carbocycles. The average molecular weight is 211 g/mol. The molecule has 0 fully saturated rings. The lowest BCUT2D eigenvalue weighted by atomic mass is 10.3. The lowest BCUT2D eigenvalue weighted by Gasteiger charge is -2.24. The summed E-state index contributed by atoms with van der Waals surface area (Å²) in [5.74, 6) is 1.57. The van der Waals surface area contributed by atoms with Crippen LogP contribution < -0.4 is 16.0 Å². The Bertz CT molecular complexity index is 330. The third kappa shape index (κ3) is 2.69. The lowest BCUT2D eigenvalue weighted by molar-refractivity contribution is 0.270. The number of aliphatic hydroxyl groups is 1. The first kappa shape index (κ1) is 11.5. The van der Waals surface area contributed by atoms with Gasteiger partial charge >= 0.3 is 0 Å². The third-order valence-corrected chi connectivity index (χ3v) is 2.27. The number of aromatic nitrogens is 2. The Morgan fingerprint density at radius 2 is 2.27 bits per heavy atom. The fourth-order valence-electron chi connectivity index (χ4n) is 1.11. The number of anilines is 3. The summed E-state index contributed by atoms with van der Waals surface area (Å²) in [4.78, 5) is 9.92. The van der Waals surface area contributed by atoms with E-state index in [-0.39, 0.29) is 18.6 Å². The smallest absolute Gasteiger partial charge is 0.223 e. The van der Waals surface area contributed by atoms with Crippen LogP contribution in [0, 0.1) is 0 Å². The van der Waals surface area contributed by atoms with Gasteiger partial charge in [-0.15, -0.1) is 0 Å². The first-order valence-corrected chi connectivity index (χ1v) is 4.74. The molecule has 1 rings (SSSR count). The zero-order valence-corrected chi connectivity index (χ0v) is 9.23. The van der Waals surface area contributed by atoms with Crippen LogP contribution in [-0.4, -0.2) is 41.8 Å². The van der Waals surface area contributed by atoms with Crippen LogP contribution in [0.4, 0.5) is 17.6 Å². The molecule has 1 aromatic heterocycles. The van der Waals surface area contributed by atoms with Crippen LogP contribution in [0.1, 0.15) is 6.92 Å². The molecule has 0 radical (unpaired) electrons. The maximum atomic E-state index is 9.03. The van der Waals surface area contributed by atoms with Gasteiger partial charge in [-0.3, -0.25) is 0 Å². The molecule has 0 aromatic carbocycles. The van der Waals surface area contributed by atoms with Crippen molar-refractivity contribution in [2.75, 3.05) is 36.7 Å². The normalized spacial score (nSPS) is 12.3. The molecule has 0 aliphatic rings. The number of hydrogen-bond acceptors (Lipinski definition) is 6. The summed E-state index contributed by atoms with van der Waals surface area (Å²) in [6.45, 7) is 1.96. The van der Waals surface area contributed by atoms with Gasteiger partial charge in [0.2, 0.25) is 5.95 Å². The van der Waals surface area contributed by atoms with Gasteiger partial charge < -0.3 is 21.1 Å². The number of nitrogen functional groups attached to an aromatic ring is 1. The van der Waals surface area contributed by atoms with Crippen molar-refractivity contribution in [3.8, 4) is 0 Å². The van der Waals surface area contributed by atoms with E-state index >= 15 is 0 Å². The molecular formula is C9H17N5O. The number of hydrogen-bond donors (Lipinski definition) is 3. The minimum atomic E-state index is -0.0102. The summed E-state index contributed by atoms with van der Waals surface area (Å²) in [5, 5.41) is 11.9. The van der Waals surface area contributed by atoms with E-state index in [1.54, 1.807) is 13.1 Å². The van der Waals surface area contributed by atoms with E-state index in [1.165, 1.54) is 0 Å². The van der Waals surface area contributed by atoms with E-state index < -0.39 is 0 Å². The van der Waals surface area contributed by atoms with Crippen LogP contribution in [-0.2, 0) is 0 Å². The number of nitrogens with one attached hydrogen (secondary N) is 1. The van der Waals surface area contributed by atoms with E-state index in [9.17, 15) is 0 Å². The Kier molecular flexibility index (Phi) is 3.68. The zero-order valence-electron chi connectivity index (χ0n) is 9.23. The molecule has 84 valence electrons. The predicted molar refractivity (Wildman–Crippen MR) is 60.9 cm³/mol. The van der Waals surface area contributed by atoms with Crippen molar-refractivity contribution < 1.29 is 5.11 Å². The van der Waals surface area contributed by atoms with Crippen molar-refractivity contribution in [2.24, 2.45) is 0 Å². The monoisotopic (exact) mass is 211 g/mol. The van der Waals surface area contributed by atoms with Gasteiger partial charge in [0.15, 0.2) is 0 Å². The second-order valence-electron chi connectivity index (χ2n) is 3.36. The lowest BCUT2D eigenvalue weighted by Crippen LogP contribution is -2.32. The molecule has 0 aliphatic heterocycles. The number of nitrogens with zero attached hydrogens (tertiary/aromatic N) is 3. The van der Waals surface area contributed by atoms with Crippen molar-refractivity contribution in [3.63, 3.8) is 0 Å². The highest BCUT2D eigenvalue weighted by molar-refractivity contribution is 5.52. The third-order valence-electron chi connectivity index (χ3n) is 2.27. The highest BCUT2D eigenvalue weighted by atomic mass is 16.3. The summed E-state index contributed by atoms with van der Waals surface area (Å²) in [6.07, 6.45) is 0. The van der Waals surface area contributed by atoms with Gasteiger partial charge in [0.05, 0.1) is 12.6 Å². The molecule has 6 nitrogen and oxygen atoms in total. The van der Waals surface area contributed by atoms with E-state index in [0.29, 0.717) is 11.6 Å². The fraction of sp³-hybridized carbons (Fsp3) is 0.556. The first-order chi connectivity index (χ1) is 7.08. The molecule has 1 heterocycles. The zero-order chi connectivity index (χ0) is 11.4. The standard InChI is InChI=1S/C9H17N5O/c1-6(5-15)14(3)8-4-7(11-2)12-9(10)13-8/h4,6,15H,5H2,1-3H3,(H3,10,11,12,13). The van der Waals surface area contributed by atoms with Crippen molar-refractivity contribution in [1.29, 1.82) is 0 Å². The molecule has 0 spiro atoms. The molecule has 0 saturated heterocycles. The average Bonchev–Trinajstić information content (AvgIpc) is 2.26. The van der Waals surface area contributed by atoms with Gasteiger partial charge in [-0.05, 0) is 6.92 Å². The molecule has 4 N–H and O–H groups in total. The number of likely N-dealkylation sites (N-methyl/N-ethyl adjacent to an activating group) is 1. The van der Waals surface area contributed by atoms with E-state index in [2.05, 4.69) is 15.3 Å². The Balaban J connectivity index is 2.97. The second kappa shape index (κ2) is 4.79. The Hall–Kier alpha value is -1.56. The molecule has 0 bridgehead atoms. The number of aliphatic hydroxyl groups excluding tert-OH is 1. The van der Waals surface area contributed by atoms with E-state index in [0.717, 1.165) is 0 Å². The van der Waals surface area contributed by atoms with Gasteiger partial charge in [-0.2, -0.15) is 9.97 Å². The second-order valence-corrected chi connectivity index (χ2v) is 3.36. The quantitative estimate of drug-likeness (QED) is 0.645. The number of rotatable bonds is 4. The van der Waals surface area contributed by atoms with Crippen molar-refractivity contribution >= 4 is 17.6 Å². The molecule has 0 saturated carbocycles. The molecule has 1 atom stereocenters. The molecule has 1 unspecified atom stereocenters. The van der Waals surface area contributed by atoms with Gasteiger partial charge in [0.25, 0.3) is 0 Å². The predicted octanol–water partition coefficient (Wildman–Crippen LogP) is -0.0825. The molecule has 6 heteroatoms. The van der Waals surface area contributed by atoms with Gasteiger partial charge in [0, 0.05) is 20.2 Å². The summed E-state index contributed by atoms with van der Waals surface area (Å²) in [7, 11) is 3.61. The van der Waals surface area contributed by atoms with Crippen LogP contribution >= 0.6 is 0 Å². The van der Waals surface area contributed by atoms with Crippen LogP contribution in [0.2, 0.25) is 0 Å². The van der Waals surface area contributed by atoms with Crippen LogP contribution in [0.3, 0.4) is 0 Å². The van der Waals surface area contributed by atoms with Gasteiger partial charge in [-0.25, -0.2) is 0 Å². The molecule has 1 aromatic rings. The van der Waals surface area contributed by atoms with Crippen LogP contribution in [0.5, 0.6) is 0 Å². The topological polar surface area (TPSA) is 87.3 Å². The minimum absolute atomic E-state index is 0.0102. The number of nitrogens with two attached hydrogens (primary N) is 1.